The summed E-state index contributed by atoms with van der Waals surface area (Å²) >= 11 is 0. The second kappa shape index (κ2) is 12.6. The van der Waals surface area contributed by atoms with E-state index in [0.29, 0.717) is 0 Å². The average Bonchev–Trinajstić information content (AvgIpc) is 3.15. The second-order valence-corrected chi connectivity index (χ2v) is 10.4. The molecule has 0 spiro atoms. The van der Waals surface area contributed by atoms with Gasteiger partial charge in [-0.2, -0.15) is 0 Å². The number of para-hydroxylation sites is 1. The molecule has 42 heavy (non-hydrogen) atoms. The van der Waals surface area contributed by atoms with Gasteiger partial charge in [0.1, 0.15) is 5.75 Å². The van der Waals surface area contributed by atoms with Crippen molar-refractivity contribution in [3.8, 4) is 56.3 Å². The zero-order valence-electron chi connectivity index (χ0n) is 24.0. The molecule has 0 N–H and O–H groups in total. The standard InChI is InChI=1S/C25H18NO.C13H12N.Ir/c1-16-10-13-23(26-15-16)18-11-12-21-19-7-3-4-8-20(19)22-9-5-6-17(2)25(22)27-24(21)14-18;1-10-8-13(14-9-11(10)2)12-6-4-3-5-7-12;/h3-10,12-15H,1-2H3;3-6,8-9H,1-2H3;/q2*-1;. The van der Waals surface area contributed by atoms with Crippen LogP contribution >= 0.6 is 0 Å². The zero-order valence-corrected chi connectivity index (χ0v) is 26.4. The predicted molar refractivity (Wildman–Crippen MR) is 167 cm³/mol. The molecular formula is C38H30IrN2O-2. The van der Waals surface area contributed by atoms with Gasteiger partial charge in [-0.05, 0) is 66.9 Å². The number of ether oxygens (including phenoxy) is 1. The minimum atomic E-state index is 0. The summed E-state index contributed by atoms with van der Waals surface area (Å²) < 4.78 is 6.45. The molecule has 4 aromatic carbocycles. The van der Waals surface area contributed by atoms with E-state index in [1.807, 2.05) is 61.8 Å². The summed E-state index contributed by atoms with van der Waals surface area (Å²) in [6.45, 7) is 8.30. The van der Waals surface area contributed by atoms with Crippen molar-refractivity contribution in [1.82, 2.24) is 9.97 Å². The quantitative estimate of drug-likeness (QED) is 0.167. The Morgan fingerprint density at radius 3 is 2.02 bits per heavy atom. The largest absolute Gasteiger partial charge is 0.475 e. The van der Waals surface area contributed by atoms with Crippen LogP contribution in [0.4, 0.5) is 0 Å². The molecule has 0 saturated heterocycles. The van der Waals surface area contributed by atoms with Gasteiger partial charge in [0, 0.05) is 38.1 Å². The maximum Gasteiger partial charge on any atom is 0.135 e. The topological polar surface area (TPSA) is 35.0 Å². The molecule has 0 aliphatic carbocycles. The van der Waals surface area contributed by atoms with E-state index in [4.69, 9.17) is 4.74 Å². The predicted octanol–water partition coefficient (Wildman–Crippen LogP) is 9.77. The van der Waals surface area contributed by atoms with Crippen LogP contribution in [0.1, 0.15) is 22.3 Å². The van der Waals surface area contributed by atoms with Crippen LogP contribution in [-0.2, 0) is 20.1 Å². The molecule has 3 heterocycles. The van der Waals surface area contributed by atoms with Gasteiger partial charge >= 0.3 is 0 Å². The molecule has 4 heteroatoms. The molecule has 1 aliphatic rings. The van der Waals surface area contributed by atoms with Gasteiger partial charge in [-0.25, -0.2) is 0 Å². The van der Waals surface area contributed by atoms with E-state index in [9.17, 15) is 0 Å². The van der Waals surface area contributed by atoms with Gasteiger partial charge < -0.3 is 14.7 Å². The summed E-state index contributed by atoms with van der Waals surface area (Å²) in [4.78, 5) is 8.92. The molecule has 209 valence electrons. The molecular weight excluding hydrogens is 693 g/mol. The summed E-state index contributed by atoms with van der Waals surface area (Å²) in [5.41, 5.74) is 13.2. The minimum absolute atomic E-state index is 0. The molecule has 6 aromatic rings. The first-order chi connectivity index (χ1) is 20.0. The monoisotopic (exact) mass is 723 g/mol. The Kier molecular flexibility index (Phi) is 8.77. The van der Waals surface area contributed by atoms with Crippen molar-refractivity contribution < 1.29 is 24.8 Å². The van der Waals surface area contributed by atoms with Crippen LogP contribution in [-0.4, -0.2) is 9.97 Å². The van der Waals surface area contributed by atoms with Crippen LogP contribution < -0.4 is 4.74 Å². The number of nitrogens with zero attached hydrogens (tertiary/aromatic N) is 2. The fraction of sp³-hybridized carbons (Fsp3) is 0.105. The van der Waals surface area contributed by atoms with Gasteiger partial charge in [0.15, 0.2) is 0 Å². The average molecular weight is 723 g/mol. The summed E-state index contributed by atoms with van der Waals surface area (Å²) in [7, 11) is 0. The molecule has 0 unspecified atom stereocenters. The number of rotatable bonds is 2. The third-order valence-electron chi connectivity index (χ3n) is 7.39. The number of aromatic nitrogens is 2. The number of aryl methyl sites for hydroxylation is 4. The summed E-state index contributed by atoms with van der Waals surface area (Å²) in [5.74, 6) is 1.75. The van der Waals surface area contributed by atoms with Gasteiger partial charge in [0.2, 0.25) is 0 Å². The van der Waals surface area contributed by atoms with Crippen molar-refractivity contribution in [2.24, 2.45) is 0 Å². The van der Waals surface area contributed by atoms with Crippen molar-refractivity contribution in [2.75, 3.05) is 0 Å². The molecule has 0 saturated carbocycles. The van der Waals surface area contributed by atoms with Crippen LogP contribution in [0.2, 0.25) is 0 Å². The summed E-state index contributed by atoms with van der Waals surface area (Å²) in [5, 5.41) is 0. The van der Waals surface area contributed by atoms with Crippen molar-refractivity contribution in [3.05, 3.63) is 144 Å². The number of pyridine rings is 2. The van der Waals surface area contributed by atoms with E-state index in [2.05, 4.69) is 97.5 Å². The van der Waals surface area contributed by atoms with E-state index in [0.717, 1.165) is 61.8 Å². The first-order valence-electron chi connectivity index (χ1n) is 13.7. The van der Waals surface area contributed by atoms with Gasteiger partial charge in [0.25, 0.3) is 0 Å². The molecule has 3 nitrogen and oxygen atoms in total. The van der Waals surface area contributed by atoms with Gasteiger partial charge in [-0.3, -0.25) is 0 Å². The third kappa shape index (κ3) is 5.97. The molecule has 1 aliphatic heterocycles. The van der Waals surface area contributed by atoms with Gasteiger partial charge in [-0.15, -0.1) is 53.6 Å². The third-order valence-corrected chi connectivity index (χ3v) is 7.39. The zero-order chi connectivity index (χ0) is 28.3. The first kappa shape index (κ1) is 29.1. The van der Waals surface area contributed by atoms with Crippen molar-refractivity contribution in [3.63, 3.8) is 0 Å². The Morgan fingerprint density at radius 1 is 0.571 bits per heavy atom. The normalized spacial score (nSPS) is 10.9. The Balaban J connectivity index is 0.000000200. The fourth-order valence-electron chi connectivity index (χ4n) is 4.93. The smallest absolute Gasteiger partial charge is 0.135 e. The summed E-state index contributed by atoms with van der Waals surface area (Å²) in [6, 6.07) is 39.5. The summed E-state index contributed by atoms with van der Waals surface area (Å²) in [6.07, 6.45) is 3.79. The van der Waals surface area contributed by atoms with E-state index < -0.39 is 0 Å². The maximum absolute atomic E-state index is 6.45. The van der Waals surface area contributed by atoms with Crippen molar-refractivity contribution in [1.29, 1.82) is 0 Å². The number of hydrogen-bond acceptors (Lipinski definition) is 3. The molecule has 0 bridgehead atoms. The molecule has 1 radical (unpaired) electrons. The van der Waals surface area contributed by atoms with E-state index in [-0.39, 0.29) is 20.1 Å². The SMILES string of the molecule is Cc1ccc(-c2[c-]cc3c(c2)Oc2c(C)cccc2-c2ccccc2-3)nc1.Cc1cnc(-c2[c-]cccc2)cc1C.[Ir]. The van der Waals surface area contributed by atoms with E-state index in [1.54, 1.807) is 0 Å². The number of benzene rings is 4. The number of fused-ring (bicyclic) bond motifs is 5. The van der Waals surface area contributed by atoms with Crippen LogP contribution in [0.15, 0.2) is 109 Å². The first-order valence-corrected chi connectivity index (χ1v) is 13.7. The van der Waals surface area contributed by atoms with Crippen LogP contribution in [0.25, 0.3) is 44.8 Å². The van der Waals surface area contributed by atoms with Crippen molar-refractivity contribution in [2.45, 2.75) is 27.7 Å². The fourth-order valence-corrected chi connectivity index (χ4v) is 4.93. The van der Waals surface area contributed by atoms with E-state index >= 15 is 0 Å². The minimum Gasteiger partial charge on any atom is -0.475 e. The maximum atomic E-state index is 6.45. The van der Waals surface area contributed by atoms with Crippen LogP contribution in [0, 0.1) is 39.8 Å². The Hall–Kier alpha value is -4.37. The van der Waals surface area contributed by atoms with Gasteiger partial charge in [0.05, 0.1) is 5.75 Å². The molecule has 0 atom stereocenters. The van der Waals surface area contributed by atoms with Crippen molar-refractivity contribution >= 4 is 0 Å². The van der Waals surface area contributed by atoms with Crippen LogP contribution in [0.3, 0.4) is 0 Å². The molecule has 0 amide bonds. The Labute approximate surface area is 261 Å². The molecule has 2 aromatic heterocycles. The molecule has 0 fully saturated rings. The molecule has 7 rings (SSSR count). The van der Waals surface area contributed by atoms with Gasteiger partial charge in [-0.1, -0.05) is 77.9 Å². The number of hydrogen-bond donors (Lipinski definition) is 0. The second-order valence-electron chi connectivity index (χ2n) is 10.4. The van der Waals surface area contributed by atoms with Crippen LogP contribution in [0.5, 0.6) is 11.5 Å². The Bertz CT molecular complexity index is 1850. The van der Waals surface area contributed by atoms with E-state index in [1.165, 1.54) is 16.7 Å². The Morgan fingerprint density at radius 2 is 1.31 bits per heavy atom.